The van der Waals surface area contributed by atoms with Crippen LogP contribution in [0.25, 0.3) is 5.69 Å². The number of rotatable bonds is 8. The molecule has 4 aromatic rings. The van der Waals surface area contributed by atoms with Crippen molar-refractivity contribution in [3.63, 3.8) is 0 Å². The van der Waals surface area contributed by atoms with Gasteiger partial charge in [-0.3, -0.25) is 9.10 Å². The van der Waals surface area contributed by atoms with Crippen LogP contribution in [0.2, 0.25) is 0 Å². The minimum atomic E-state index is -4.72. The number of nitrogens with one attached hydrogen (secondary N) is 1. The molecule has 0 atom stereocenters. The Morgan fingerprint density at radius 1 is 0.975 bits per heavy atom. The quantitative estimate of drug-likeness (QED) is 0.170. The first-order valence-electron chi connectivity index (χ1n) is 11.9. The molecule has 0 radical (unpaired) electrons. The number of amides is 1. The van der Waals surface area contributed by atoms with Crippen LogP contribution in [0.15, 0.2) is 94.9 Å². The number of para-hydroxylation sites is 1. The number of hydrogen-bond acceptors (Lipinski definition) is 4. The molecule has 3 aromatic carbocycles. The van der Waals surface area contributed by atoms with E-state index in [9.17, 15) is 30.8 Å². The lowest BCUT2D eigenvalue weighted by Crippen LogP contribution is -2.39. The molecule has 0 saturated heterocycles. The van der Waals surface area contributed by atoms with E-state index in [0.717, 1.165) is 12.1 Å². The van der Waals surface area contributed by atoms with Crippen molar-refractivity contribution in [2.75, 3.05) is 10.8 Å². The molecule has 0 spiro atoms. The number of sulfonamides is 1. The first kappa shape index (κ1) is 28.6. The van der Waals surface area contributed by atoms with Crippen molar-refractivity contribution in [2.45, 2.75) is 24.9 Å². The number of hydrazone groups is 1. The van der Waals surface area contributed by atoms with Crippen LogP contribution in [0.5, 0.6) is 0 Å². The lowest BCUT2D eigenvalue weighted by Gasteiger charge is -2.24. The molecule has 1 amide bonds. The second-order valence-corrected chi connectivity index (χ2v) is 10.6. The molecule has 0 saturated carbocycles. The fourth-order valence-corrected chi connectivity index (χ4v) is 5.57. The maximum atomic E-state index is 14.3. The lowest BCUT2D eigenvalue weighted by molar-refractivity contribution is -0.137. The molecule has 1 heterocycles. The average molecular weight is 573 g/mol. The smallest absolute Gasteiger partial charge is 0.315 e. The van der Waals surface area contributed by atoms with Crippen molar-refractivity contribution in [3.05, 3.63) is 113 Å². The largest absolute Gasteiger partial charge is 0.416 e. The second kappa shape index (κ2) is 11.3. The Morgan fingerprint density at radius 2 is 1.65 bits per heavy atom. The summed E-state index contributed by atoms with van der Waals surface area (Å²) in [7, 11) is -4.42. The summed E-state index contributed by atoms with van der Waals surface area (Å²) in [5.41, 5.74) is 3.06. The molecule has 0 bridgehead atoms. The summed E-state index contributed by atoms with van der Waals surface area (Å²) in [6.07, 6.45) is -3.41. The molecular formula is C28H24F4N4O3S. The predicted octanol–water partition coefficient (Wildman–Crippen LogP) is 5.60. The van der Waals surface area contributed by atoms with E-state index in [2.05, 4.69) is 10.5 Å². The molecule has 0 fully saturated rings. The number of anilines is 1. The summed E-state index contributed by atoms with van der Waals surface area (Å²) < 4.78 is 83.4. The van der Waals surface area contributed by atoms with Crippen LogP contribution < -0.4 is 9.73 Å². The van der Waals surface area contributed by atoms with E-state index in [0.29, 0.717) is 33.0 Å². The van der Waals surface area contributed by atoms with Gasteiger partial charge >= 0.3 is 6.18 Å². The Kier molecular flexibility index (Phi) is 8.10. The monoisotopic (exact) mass is 572 g/mol. The van der Waals surface area contributed by atoms with Crippen molar-refractivity contribution in [1.82, 2.24) is 9.99 Å². The number of halogens is 4. The van der Waals surface area contributed by atoms with E-state index < -0.39 is 40.0 Å². The van der Waals surface area contributed by atoms with Crippen molar-refractivity contribution in [3.8, 4) is 5.69 Å². The molecular weight excluding hydrogens is 548 g/mol. The zero-order chi connectivity index (χ0) is 29.1. The third-order valence-corrected chi connectivity index (χ3v) is 7.82. The SMILES string of the molecule is Cc1cc(/C=N\NC(=O)CN(c2cccc(C(F)(F)F)c2)S(=O)(=O)c2ccccc2)c(C)n1-c1ccccc1F. The van der Waals surface area contributed by atoms with Gasteiger partial charge in [0.25, 0.3) is 15.9 Å². The number of carbonyl (C=O) groups is 1. The predicted molar refractivity (Wildman–Crippen MR) is 143 cm³/mol. The maximum absolute atomic E-state index is 14.3. The van der Waals surface area contributed by atoms with Crippen LogP contribution in [0.3, 0.4) is 0 Å². The van der Waals surface area contributed by atoms with Crippen molar-refractivity contribution >= 4 is 27.8 Å². The first-order chi connectivity index (χ1) is 18.9. The number of hydrogen-bond donors (Lipinski definition) is 1. The first-order valence-corrected chi connectivity index (χ1v) is 13.3. The highest BCUT2D eigenvalue weighted by atomic mass is 32.2. The summed E-state index contributed by atoms with van der Waals surface area (Å²) in [6, 6.07) is 18.7. The summed E-state index contributed by atoms with van der Waals surface area (Å²) in [5, 5.41) is 3.90. The topological polar surface area (TPSA) is 83.8 Å². The minimum Gasteiger partial charge on any atom is -0.315 e. The Morgan fingerprint density at radius 3 is 2.33 bits per heavy atom. The van der Waals surface area contributed by atoms with Gasteiger partial charge in [-0.05, 0) is 62.4 Å². The number of alkyl halides is 3. The summed E-state index contributed by atoms with van der Waals surface area (Å²) >= 11 is 0. The van der Waals surface area contributed by atoms with Gasteiger partial charge in [0.05, 0.1) is 28.0 Å². The standard InChI is InChI=1S/C28H24F4N4O3S/c1-19-15-21(20(2)36(19)26-14-7-6-13-25(26)29)17-33-34-27(37)18-35(40(38,39)24-11-4-3-5-12-24)23-10-8-9-22(16-23)28(30,31)32/h3-17H,18H2,1-2H3,(H,34,37)/b33-17-. The average Bonchev–Trinajstić information content (AvgIpc) is 3.20. The Labute approximate surface area is 228 Å². The van der Waals surface area contributed by atoms with Crippen LogP contribution in [0.1, 0.15) is 22.5 Å². The van der Waals surface area contributed by atoms with Crippen LogP contribution in [0.4, 0.5) is 23.2 Å². The van der Waals surface area contributed by atoms with Gasteiger partial charge in [-0.2, -0.15) is 18.3 Å². The third-order valence-electron chi connectivity index (χ3n) is 6.04. The van der Waals surface area contributed by atoms with Crippen molar-refractivity contribution < 1.29 is 30.8 Å². The number of nitrogens with zero attached hydrogens (tertiary/aromatic N) is 3. The highest BCUT2D eigenvalue weighted by molar-refractivity contribution is 7.92. The highest BCUT2D eigenvalue weighted by Crippen LogP contribution is 2.33. The molecule has 4 rings (SSSR count). The number of aromatic nitrogens is 1. The molecule has 1 N–H and O–H groups in total. The molecule has 0 unspecified atom stereocenters. The maximum Gasteiger partial charge on any atom is 0.416 e. The van der Waals surface area contributed by atoms with E-state index in [-0.39, 0.29) is 10.6 Å². The summed E-state index contributed by atoms with van der Waals surface area (Å²) in [4.78, 5) is 12.6. The fraction of sp³-hybridized carbons (Fsp3) is 0.143. The summed E-state index contributed by atoms with van der Waals surface area (Å²) in [6.45, 7) is 2.67. The zero-order valence-electron chi connectivity index (χ0n) is 21.4. The molecule has 1 aromatic heterocycles. The Hall–Kier alpha value is -4.45. The molecule has 40 heavy (non-hydrogen) atoms. The van der Waals surface area contributed by atoms with Crippen LogP contribution in [-0.4, -0.2) is 31.7 Å². The number of benzene rings is 3. The van der Waals surface area contributed by atoms with Gasteiger partial charge in [-0.25, -0.2) is 18.2 Å². The lowest BCUT2D eigenvalue weighted by atomic mass is 10.2. The fourth-order valence-electron chi connectivity index (χ4n) is 4.13. The van der Waals surface area contributed by atoms with E-state index in [1.54, 1.807) is 48.7 Å². The molecule has 0 aliphatic rings. The Bertz CT molecular complexity index is 1670. The van der Waals surface area contributed by atoms with Gasteiger partial charge in [0.15, 0.2) is 0 Å². The van der Waals surface area contributed by atoms with Crippen LogP contribution >= 0.6 is 0 Å². The molecule has 7 nitrogen and oxygen atoms in total. The van der Waals surface area contributed by atoms with E-state index >= 15 is 0 Å². The minimum absolute atomic E-state index is 0.204. The van der Waals surface area contributed by atoms with Gasteiger partial charge in [0, 0.05) is 17.0 Å². The second-order valence-electron chi connectivity index (χ2n) is 8.78. The van der Waals surface area contributed by atoms with Crippen molar-refractivity contribution in [2.24, 2.45) is 5.10 Å². The van der Waals surface area contributed by atoms with E-state index in [4.69, 9.17) is 0 Å². The molecule has 12 heteroatoms. The van der Waals surface area contributed by atoms with Gasteiger partial charge in [-0.15, -0.1) is 0 Å². The summed E-state index contributed by atoms with van der Waals surface area (Å²) in [5.74, 6) is -1.31. The van der Waals surface area contributed by atoms with Gasteiger partial charge in [-0.1, -0.05) is 36.4 Å². The van der Waals surface area contributed by atoms with Gasteiger partial charge in [0.1, 0.15) is 12.4 Å². The normalized spacial score (nSPS) is 12.1. The van der Waals surface area contributed by atoms with Gasteiger partial charge in [0.2, 0.25) is 0 Å². The van der Waals surface area contributed by atoms with E-state index in [1.165, 1.54) is 42.6 Å². The molecule has 208 valence electrons. The Balaban J connectivity index is 1.60. The van der Waals surface area contributed by atoms with Crippen molar-refractivity contribution in [1.29, 1.82) is 0 Å². The van der Waals surface area contributed by atoms with E-state index in [1.807, 2.05) is 0 Å². The highest BCUT2D eigenvalue weighted by Gasteiger charge is 2.33. The van der Waals surface area contributed by atoms with Gasteiger partial charge < -0.3 is 4.57 Å². The number of aryl methyl sites for hydroxylation is 1. The third kappa shape index (κ3) is 6.07. The molecule has 0 aliphatic heterocycles. The van der Waals surface area contributed by atoms with Crippen LogP contribution in [-0.2, 0) is 21.0 Å². The number of carbonyl (C=O) groups excluding carboxylic acids is 1. The zero-order valence-corrected chi connectivity index (χ0v) is 22.2. The van der Waals surface area contributed by atoms with Crippen LogP contribution in [0, 0.1) is 19.7 Å². The molecule has 0 aliphatic carbocycles.